The lowest BCUT2D eigenvalue weighted by Gasteiger charge is -2.04. The molecular formula is C9H17N. The van der Waals surface area contributed by atoms with E-state index in [0.717, 1.165) is 13.0 Å². The summed E-state index contributed by atoms with van der Waals surface area (Å²) >= 11 is 0. The predicted molar refractivity (Wildman–Crippen MR) is 45.5 cm³/mol. The first kappa shape index (κ1) is 9.52. The fraction of sp³-hybridized carbons (Fsp3) is 0.778. The van der Waals surface area contributed by atoms with E-state index >= 15 is 0 Å². The van der Waals surface area contributed by atoms with Crippen LogP contribution >= 0.6 is 0 Å². The maximum atomic E-state index is 5.45. The van der Waals surface area contributed by atoms with E-state index in [1.807, 2.05) is 6.92 Å². The van der Waals surface area contributed by atoms with Crippen LogP contribution in [0.4, 0.5) is 0 Å². The number of rotatable bonds is 4. The zero-order valence-electron chi connectivity index (χ0n) is 6.98. The Hall–Kier alpha value is -0.480. The van der Waals surface area contributed by atoms with Crippen molar-refractivity contribution in [3.05, 3.63) is 0 Å². The van der Waals surface area contributed by atoms with Gasteiger partial charge in [0.1, 0.15) is 0 Å². The monoisotopic (exact) mass is 139 g/mol. The first-order chi connectivity index (χ1) is 4.81. The largest absolute Gasteiger partial charge is 0.330 e. The molecule has 0 bridgehead atoms. The van der Waals surface area contributed by atoms with E-state index in [4.69, 9.17) is 5.73 Å². The predicted octanol–water partition coefficient (Wildman–Crippen LogP) is 1.77. The normalized spacial score (nSPS) is 11.9. The van der Waals surface area contributed by atoms with Gasteiger partial charge in [-0.2, -0.15) is 0 Å². The van der Waals surface area contributed by atoms with Gasteiger partial charge in [0.2, 0.25) is 0 Å². The minimum atomic E-state index is 0.665. The zero-order valence-corrected chi connectivity index (χ0v) is 6.98. The van der Waals surface area contributed by atoms with Crippen LogP contribution in [0, 0.1) is 17.8 Å². The van der Waals surface area contributed by atoms with Crippen molar-refractivity contribution in [1.29, 1.82) is 0 Å². The van der Waals surface area contributed by atoms with Gasteiger partial charge >= 0.3 is 0 Å². The third kappa shape index (κ3) is 5.65. The SMILES string of the molecule is CC#CCCCC(C)CN. The maximum absolute atomic E-state index is 5.45. The van der Waals surface area contributed by atoms with Crippen molar-refractivity contribution in [3.8, 4) is 11.8 Å². The standard InChI is InChI=1S/C9H17N/c1-3-4-5-6-7-9(2)8-10/h9H,5-8,10H2,1-2H3. The van der Waals surface area contributed by atoms with E-state index in [0.29, 0.717) is 5.92 Å². The van der Waals surface area contributed by atoms with Gasteiger partial charge in [-0.1, -0.05) is 6.92 Å². The van der Waals surface area contributed by atoms with Crippen LogP contribution in [0.5, 0.6) is 0 Å². The van der Waals surface area contributed by atoms with Crippen LogP contribution in [0.25, 0.3) is 0 Å². The molecule has 0 aliphatic heterocycles. The summed E-state index contributed by atoms with van der Waals surface area (Å²) in [5, 5.41) is 0. The van der Waals surface area contributed by atoms with Gasteiger partial charge in [0.15, 0.2) is 0 Å². The highest BCUT2D eigenvalue weighted by Gasteiger charge is 1.95. The first-order valence-electron chi connectivity index (χ1n) is 3.91. The second kappa shape index (κ2) is 6.64. The smallest absolute Gasteiger partial charge is 0.00886 e. The molecule has 0 aliphatic carbocycles. The molecule has 0 aliphatic rings. The Morgan fingerprint density at radius 1 is 1.50 bits per heavy atom. The van der Waals surface area contributed by atoms with Crippen molar-refractivity contribution in [2.24, 2.45) is 11.7 Å². The van der Waals surface area contributed by atoms with Crippen molar-refractivity contribution in [2.75, 3.05) is 6.54 Å². The molecule has 0 aromatic carbocycles. The van der Waals surface area contributed by atoms with Gasteiger partial charge < -0.3 is 5.73 Å². The molecule has 1 atom stereocenters. The summed E-state index contributed by atoms with van der Waals surface area (Å²) in [6.07, 6.45) is 3.44. The number of unbranched alkanes of at least 4 members (excludes halogenated alkanes) is 1. The minimum Gasteiger partial charge on any atom is -0.330 e. The van der Waals surface area contributed by atoms with E-state index in [-0.39, 0.29) is 0 Å². The van der Waals surface area contributed by atoms with Crippen molar-refractivity contribution >= 4 is 0 Å². The minimum absolute atomic E-state index is 0.665. The highest BCUT2D eigenvalue weighted by molar-refractivity contribution is 4.94. The molecule has 58 valence electrons. The highest BCUT2D eigenvalue weighted by Crippen LogP contribution is 2.04. The Morgan fingerprint density at radius 3 is 2.70 bits per heavy atom. The number of nitrogens with two attached hydrogens (primary N) is 1. The quantitative estimate of drug-likeness (QED) is 0.466. The first-order valence-corrected chi connectivity index (χ1v) is 3.91. The third-order valence-electron chi connectivity index (χ3n) is 1.58. The molecule has 0 rings (SSSR count). The third-order valence-corrected chi connectivity index (χ3v) is 1.58. The summed E-state index contributed by atoms with van der Waals surface area (Å²) in [4.78, 5) is 0. The molecule has 0 fully saturated rings. The van der Waals surface area contributed by atoms with Crippen LogP contribution in [-0.4, -0.2) is 6.54 Å². The summed E-state index contributed by atoms with van der Waals surface area (Å²) < 4.78 is 0. The van der Waals surface area contributed by atoms with E-state index < -0.39 is 0 Å². The van der Waals surface area contributed by atoms with Crippen LogP contribution in [0.1, 0.15) is 33.1 Å². The Labute approximate surface area is 64.0 Å². The van der Waals surface area contributed by atoms with Gasteiger partial charge in [-0.25, -0.2) is 0 Å². The Balaban J connectivity index is 3.08. The summed E-state index contributed by atoms with van der Waals surface area (Å²) in [5.41, 5.74) is 5.45. The summed E-state index contributed by atoms with van der Waals surface area (Å²) in [6, 6.07) is 0. The van der Waals surface area contributed by atoms with E-state index in [1.165, 1.54) is 12.8 Å². The fourth-order valence-electron chi connectivity index (χ4n) is 0.782. The second-order valence-electron chi connectivity index (χ2n) is 2.66. The summed E-state index contributed by atoms with van der Waals surface area (Å²) in [5.74, 6) is 6.58. The van der Waals surface area contributed by atoms with Gasteiger partial charge in [0.05, 0.1) is 0 Å². The molecule has 0 aromatic rings. The maximum Gasteiger partial charge on any atom is 0.00886 e. The summed E-state index contributed by atoms with van der Waals surface area (Å²) in [6.45, 7) is 4.87. The molecule has 1 heteroatoms. The molecule has 0 aromatic heterocycles. The Kier molecular flexibility index (Phi) is 6.32. The van der Waals surface area contributed by atoms with E-state index in [9.17, 15) is 0 Å². The Morgan fingerprint density at radius 2 is 2.20 bits per heavy atom. The molecule has 1 unspecified atom stereocenters. The van der Waals surface area contributed by atoms with Crippen molar-refractivity contribution in [1.82, 2.24) is 0 Å². The van der Waals surface area contributed by atoms with Crippen LogP contribution in [0.15, 0.2) is 0 Å². The Bertz CT molecular complexity index is 118. The second-order valence-corrected chi connectivity index (χ2v) is 2.66. The molecule has 0 radical (unpaired) electrons. The van der Waals surface area contributed by atoms with Crippen molar-refractivity contribution < 1.29 is 0 Å². The fourth-order valence-corrected chi connectivity index (χ4v) is 0.782. The molecule has 10 heavy (non-hydrogen) atoms. The lowest BCUT2D eigenvalue weighted by molar-refractivity contribution is 0.526. The average molecular weight is 139 g/mol. The topological polar surface area (TPSA) is 26.0 Å². The average Bonchev–Trinajstić information content (AvgIpc) is 1.98. The van der Waals surface area contributed by atoms with E-state index in [1.54, 1.807) is 0 Å². The zero-order chi connectivity index (χ0) is 7.82. The van der Waals surface area contributed by atoms with E-state index in [2.05, 4.69) is 18.8 Å². The van der Waals surface area contributed by atoms with Gasteiger partial charge in [-0.15, -0.1) is 11.8 Å². The van der Waals surface area contributed by atoms with Crippen LogP contribution < -0.4 is 5.73 Å². The molecule has 1 nitrogen and oxygen atoms in total. The number of hydrogen-bond acceptors (Lipinski definition) is 1. The van der Waals surface area contributed by atoms with Crippen LogP contribution in [-0.2, 0) is 0 Å². The molecule has 0 heterocycles. The molecule has 0 saturated carbocycles. The molecule has 0 amide bonds. The van der Waals surface area contributed by atoms with Crippen LogP contribution in [0.2, 0.25) is 0 Å². The van der Waals surface area contributed by atoms with Gasteiger partial charge in [-0.05, 0) is 32.2 Å². The molecule has 2 N–H and O–H groups in total. The summed E-state index contributed by atoms with van der Waals surface area (Å²) in [7, 11) is 0. The molecule has 0 saturated heterocycles. The van der Waals surface area contributed by atoms with Gasteiger partial charge in [-0.3, -0.25) is 0 Å². The van der Waals surface area contributed by atoms with Crippen molar-refractivity contribution in [3.63, 3.8) is 0 Å². The lowest BCUT2D eigenvalue weighted by Crippen LogP contribution is -2.09. The lowest BCUT2D eigenvalue weighted by atomic mass is 10.1. The van der Waals surface area contributed by atoms with Crippen LogP contribution in [0.3, 0.4) is 0 Å². The molecule has 0 spiro atoms. The van der Waals surface area contributed by atoms with Gasteiger partial charge in [0, 0.05) is 6.42 Å². The van der Waals surface area contributed by atoms with Crippen molar-refractivity contribution in [2.45, 2.75) is 33.1 Å². The number of hydrogen-bond donors (Lipinski definition) is 1. The van der Waals surface area contributed by atoms with Gasteiger partial charge in [0.25, 0.3) is 0 Å². The molecular weight excluding hydrogens is 122 g/mol. The highest BCUT2D eigenvalue weighted by atomic mass is 14.5.